The Bertz CT molecular complexity index is 1390. The maximum Gasteiger partial charge on any atom is 0.418 e. The van der Waals surface area contributed by atoms with E-state index >= 15 is 0 Å². The standard InChI is InChI=1S/C22H16F4N4O2S/c1-12-10-17-19(27-12)20(32)30(14-8-6-13(23)7-9-14)21(29-17)33-11-18(31)28-16-5-3-2-4-15(16)22(24,25)26/h2-10,27H,11H2,1H3,(H,28,31). The van der Waals surface area contributed by atoms with Crippen LogP contribution in [0.2, 0.25) is 0 Å². The summed E-state index contributed by atoms with van der Waals surface area (Å²) in [5.74, 6) is -1.51. The summed E-state index contributed by atoms with van der Waals surface area (Å²) >= 11 is 0.876. The molecule has 0 saturated heterocycles. The number of thioether (sulfide) groups is 1. The number of hydrogen-bond donors (Lipinski definition) is 2. The minimum Gasteiger partial charge on any atom is -0.353 e. The predicted molar refractivity (Wildman–Crippen MR) is 117 cm³/mol. The van der Waals surface area contributed by atoms with E-state index in [-0.39, 0.29) is 22.1 Å². The lowest BCUT2D eigenvalue weighted by atomic mass is 10.1. The first-order valence-electron chi connectivity index (χ1n) is 9.60. The molecule has 0 aliphatic carbocycles. The van der Waals surface area contributed by atoms with Crippen molar-refractivity contribution in [2.45, 2.75) is 18.3 Å². The van der Waals surface area contributed by atoms with Crippen molar-refractivity contribution in [3.8, 4) is 5.69 Å². The van der Waals surface area contributed by atoms with E-state index in [1.54, 1.807) is 13.0 Å². The molecule has 4 aromatic rings. The van der Waals surface area contributed by atoms with Gasteiger partial charge in [0.15, 0.2) is 5.16 Å². The Labute approximate surface area is 188 Å². The second-order valence-electron chi connectivity index (χ2n) is 7.10. The fourth-order valence-corrected chi connectivity index (χ4v) is 4.06. The first-order chi connectivity index (χ1) is 15.6. The van der Waals surface area contributed by atoms with Crippen LogP contribution in [0, 0.1) is 12.7 Å². The van der Waals surface area contributed by atoms with Gasteiger partial charge in [-0.05, 0) is 49.4 Å². The molecule has 0 aliphatic rings. The van der Waals surface area contributed by atoms with Gasteiger partial charge in [0.05, 0.1) is 28.2 Å². The summed E-state index contributed by atoms with van der Waals surface area (Å²) in [6.07, 6.45) is -4.63. The molecule has 2 aromatic carbocycles. The van der Waals surface area contributed by atoms with E-state index in [0.717, 1.165) is 23.9 Å². The molecule has 0 fully saturated rings. The smallest absolute Gasteiger partial charge is 0.353 e. The number of para-hydroxylation sites is 1. The van der Waals surface area contributed by atoms with Crippen molar-refractivity contribution in [3.05, 3.63) is 82.0 Å². The summed E-state index contributed by atoms with van der Waals surface area (Å²) in [6, 6.07) is 11.5. The molecule has 4 rings (SSSR count). The van der Waals surface area contributed by atoms with Gasteiger partial charge in [-0.2, -0.15) is 13.2 Å². The third-order valence-electron chi connectivity index (χ3n) is 4.68. The van der Waals surface area contributed by atoms with Crippen LogP contribution < -0.4 is 10.9 Å². The monoisotopic (exact) mass is 476 g/mol. The molecule has 0 spiro atoms. The van der Waals surface area contributed by atoms with E-state index in [2.05, 4.69) is 15.3 Å². The fourth-order valence-electron chi connectivity index (χ4n) is 3.25. The van der Waals surface area contributed by atoms with Crippen molar-refractivity contribution < 1.29 is 22.4 Å². The first kappa shape index (κ1) is 22.6. The van der Waals surface area contributed by atoms with Crippen LogP contribution in [0.15, 0.2) is 64.5 Å². The number of nitrogens with zero attached hydrogens (tertiary/aromatic N) is 2. The van der Waals surface area contributed by atoms with Crippen LogP contribution in [-0.4, -0.2) is 26.2 Å². The minimum absolute atomic E-state index is 0.136. The molecule has 6 nitrogen and oxygen atoms in total. The van der Waals surface area contributed by atoms with Crippen molar-refractivity contribution in [1.82, 2.24) is 14.5 Å². The number of hydrogen-bond acceptors (Lipinski definition) is 4. The Morgan fingerprint density at radius 3 is 2.55 bits per heavy atom. The number of carbonyl (C=O) groups is 1. The molecule has 170 valence electrons. The summed E-state index contributed by atoms with van der Waals surface area (Å²) in [5.41, 5.74) is -0.140. The molecule has 2 N–H and O–H groups in total. The number of anilines is 1. The number of aromatic nitrogens is 3. The van der Waals surface area contributed by atoms with Crippen molar-refractivity contribution in [3.63, 3.8) is 0 Å². The molecule has 11 heteroatoms. The predicted octanol–water partition coefficient (Wildman–Crippen LogP) is 4.91. The van der Waals surface area contributed by atoms with E-state index in [0.29, 0.717) is 16.9 Å². The zero-order valence-electron chi connectivity index (χ0n) is 17.0. The van der Waals surface area contributed by atoms with E-state index in [4.69, 9.17) is 0 Å². The van der Waals surface area contributed by atoms with Gasteiger partial charge in [0, 0.05) is 5.69 Å². The molecule has 0 saturated carbocycles. The minimum atomic E-state index is -4.63. The highest BCUT2D eigenvalue weighted by Gasteiger charge is 2.33. The Morgan fingerprint density at radius 2 is 1.85 bits per heavy atom. The van der Waals surface area contributed by atoms with Crippen molar-refractivity contribution >= 4 is 34.4 Å². The van der Waals surface area contributed by atoms with Gasteiger partial charge in [0.25, 0.3) is 5.56 Å². The van der Waals surface area contributed by atoms with Crippen LogP contribution in [-0.2, 0) is 11.0 Å². The summed E-state index contributed by atoms with van der Waals surface area (Å²) in [6.45, 7) is 1.75. The number of fused-ring (bicyclic) bond motifs is 1. The van der Waals surface area contributed by atoms with Gasteiger partial charge < -0.3 is 10.3 Å². The third kappa shape index (κ3) is 4.77. The summed E-state index contributed by atoms with van der Waals surface area (Å²) in [7, 11) is 0. The SMILES string of the molecule is Cc1cc2nc(SCC(=O)Nc3ccccc3C(F)(F)F)n(-c3ccc(F)cc3)c(=O)c2[nH]1. The Morgan fingerprint density at radius 1 is 1.15 bits per heavy atom. The zero-order chi connectivity index (χ0) is 23.8. The van der Waals surface area contributed by atoms with E-state index in [9.17, 15) is 27.2 Å². The lowest BCUT2D eigenvalue weighted by Gasteiger charge is -2.14. The average Bonchev–Trinajstić information content (AvgIpc) is 3.13. The summed E-state index contributed by atoms with van der Waals surface area (Å²) in [5, 5.41) is 2.40. The lowest BCUT2D eigenvalue weighted by molar-refractivity contribution is -0.137. The fraction of sp³-hybridized carbons (Fsp3) is 0.136. The summed E-state index contributed by atoms with van der Waals surface area (Å²) < 4.78 is 54.1. The molecule has 0 aliphatic heterocycles. The molecule has 0 bridgehead atoms. The van der Waals surface area contributed by atoms with Gasteiger partial charge in [-0.3, -0.25) is 14.2 Å². The molecular weight excluding hydrogens is 460 g/mol. The van der Waals surface area contributed by atoms with Crippen LogP contribution in [0.25, 0.3) is 16.7 Å². The molecule has 2 aromatic heterocycles. The van der Waals surface area contributed by atoms with Gasteiger partial charge in [0.2, 0.25) is 5.91 Å². The molecule has 0 unspecified atom stereocenters. The molecule has 2 heterocycles. The average molecular weight is 476 g/mol. The van der Waals surface area contributed by atoms with Crippen LogP contribution in [0.3, 0.4) is 0 Å². The van der Waals surface area contributed by atoms with Crippen LogP contribution in [0.4, 0.5) is 23.2 Å². The highest BCUT2D eigenvalue weighted by Crippen LogP contribution is 2.34. The van der Waals surface area contributed by atoms with Crippen LogP contribution >= 0.6 is 11.8 Å². The Balaban J connectivity index is 1.65. The van der Waals surface area contributed by atoms with Gasteiger partial charge in [-0.25, -0.2) is 9.37 Å². The number of rotatable bonds is 5. The van der Waals surface area contributed by atoms with Gasteiger partial charge in [-0.15, -0.1) is 0 Å². The van der Waals surface area contributed by atoms with Gasteiger partial charge >= 0.3 is 6.18 Å². The first-order valence-corrected chi connectivity index (χ1v) is 10.6. The van der Waals surface area contributed by atoms with Crippen molar-refractivity contribution in [2.24, 2.45) is 0 Å². The Kier molecular flexibility index (Phi) is 5.98. The molecule has 33 heavy (non-hydrogen) atoms. The number of aryl methyl sites for hydroxylation is 1. The summed E-state index contributed by atoms with van der Waals surface area (Å²) in [4.78, 5) is 32.9. The quantitative estimate of drug-likeness (QED) is 0.244. The molecule has 0 radical (unpaired) electrons. The third-order valence-corrected chi connectivity index (χ3v) is 5.62. The number of amides is 1. The van der Waals surface area contributed by atoms with E-state index in [1.165, 1.54) is 41.0 Å². The van der Waals surface area contributed by atoms with Gasteiger partial charge in [0.1, 0.15) is 11.3 Å². The zero-order valence-corrected chi connectivity index (χ0v) is 17.9. The highest BCUT2D eigenvalue weighted by molar-refractivity contribution is 7.99. The van der Waals surface area contributed by atoms with E-state index in [1.807, 2.05) is 0 Å². The number of nitrogens with one attached hydrogen (secondary N) is 2. The maximum absolute atomic E-state index is 13.4. The van der Waals surface area contributed by atoms with E-state index < -0.39 is 29.0 Å². The molecular formula is C22H16F4N4O2S. The van der Waals surface area contributed by atoms with Crippen LogP contribution in [0.5, 0.6) is 0 Å². The Hall–Kier alpha value is -3.60. The number of halogens is 4. The lowest BCUT2D eigenvalue weighted by Crippen LogP contribution is -2.23. The second-order valence-corrected chi connectivity index (χ2v) is 8.05. The maximum atomic E-state index is 13.4. The van der Waals surface area contributed by atoms with Gasteiger partial charge in [-0.1, -0.05) is 23.9 Å². The molecule has 0 atom stereocenters. The second kappa shape index (κ2) is 8.74. The number of alkyl halides is 3. The normalized spacial score (nSPS) is 11.7. The number of benzene rings is 2. The topological polar surface area (TPSA) is 79.8 Å². The van der Waals surface area contributed by atoms with Crippen molar-refractivity contribution in [2.75, 3.05) is 11.1 Å². The number of aromatic amines is 1. The highest BCUT2D eigenvalue weighted by atomic mass is 32.2. The largest absolute Gasteiger partial charge is 0.418 e. The van der Waals surface area contributed by atoms with Crippen LogP contribution in [0.1, 0.15) is 11.3 Å². The molecule has 1 amide bonds. The van der Waals surface area contributed by atoms with Crippen molar-refractivity contribution in [1.29, 1.82) is 0 Å². The number of carbonyl (C=O) groups excluding carboxylic acids is 1. The number of H-pyrrole nitrogens is 1.